The highest BCUT2D eigenvalue weighted by Gasteiger charge is 2.12. The van der Waals surface area contributed by atoms with Crippen LogP contribution in [0.4, 0.5) is 20.6 Å². The second-order valence-electron chi connectivity index (χ2n) is 5.55. The molecule has 6 nitrogen and oxygen atoms in total. The molecule has 2 aromatic rings. The average molecular weight is 345 g/mol. The molecule has 2 aromatic carbocycles. The number of anilines is 2. The van der Waals surface area contributed by atoms with Gasteiger partial charge in [0.1, 0.15) is 5.82 Å². The van der Waals surface area contributed by atoms with E-state index in [2.05, 4.69) is 15.4 Å². The fourth-order valence-electron chi connectivity index (χ4n) is 2.13. The van der Waals surface area contributed by atoms with Crippen LogP contribution in [0.15, 0.2) is 42.5 Å². The Morgan fingerprint density at radius 2 is 1.80 bits per heavy atom. The van der Waals surface area contributed by atoms with Crippen molar-refractivity contribution in [2.24, 2.45) is 0 Å². The summed E-state index contributed by atoms with van der Waals surface area (Å²) < 4.78 is 18.4. The molecule has 2 rings (SSSR count). The van der Waals surface area contributed by atoms with Gasteiger partial charge >= 0.3 is 12.0 Å². The number of ether oxygens (including phenoxy) is 1. The van der Waals surface area contributed by atoms with Gasteiger partial charge in [-0.3, -0.25) is 0 Å². The Balaban J connectivity index is 1.97. The minimum absolute atomic E-state index is 0.0941. The summed E-state index contributed by atoms with van der Waals surface area (Å²) in [4.78, 5) is 25.4. The zero-order valence-corrected chi connectivity index (χ0v) is 14.3. The van der Waals surface area contributed by atoms with Crippen molar-refractivity contribution < 1.29 is 18.7 Å². The van der Waals surface area contributed by atoms with Crippen LogP contribution in [0.3, 0.4) is 0 Å². The SMILES string of the molecule is COC(=O)c1ccc(F)c(NC(=O)NCc2ccc(N(C)C)cc2)c1. The number of nitrogens with zero attached hydrogens (tertiary/aromatic N) is 1. The van der Waals surface area contributed by atoms with Crippen molar-refractivity contribution in [3.8, 4) is 0 Å². The van der Waals surface area contributed by atoms with Crippen molar-refractivity contribution in [1.29, 1.82) is 0 Å². The van der Waals surface area contributed by atoms with Crippen LogP contribution in [0.5, 0.6) is 0 Å². The average Bonchev–Trinajstić information content (AvgIpc) is 2.61. The Kier molecular flexibility index (Phi) is 5.94. The summed E-state index contributed by atoms with van der Waals surface area (Å²) in [7, 11) is 5.11. The number of esters is 1. The lowest BCUT2D eigenvalue weighted by Crippen LogP contribution is -2.28. The zero-order chi connectivity index (χ0) is 18.4. The van der Waals surface area contributed by atoms with E-state index in [1.165, 1.54) is 19.2 Å². The van der Waals surface area contributed by atoms with E-state index in [0.29, 0.717) is 0 Å². The summed E-state index contributed by atoms with van der Waals surface area (Å²) >= 11 is 0. The number of nitrogens with one attached hydrogen (secondary N) is 2. The van der Waals surface area contributed by atoms with Gasteiger partial charge in [-0.15, -0.1) is 0 Å². The molecule has 0 radical (unpaired) electrons. The molecular formula is C18H20FN3O3. The number of carbonyl (C=O) groups excluding carboxylic acids is 2. The van der Waals surface area contributed by atoms with Crippen LogP contribution in [0.25, 0.3) is 0 Å². The van der Waals surface area contributed by atoms with Gasteiger partial charge in [0, 0.05) is 26.3 Å². The first-order valence-corrected chi connectivity index (χ1v) is 7.59. The van der Waals surface area contributed by atoms with E-state index in [1.807, 2.05) is 43.3 Å². The van der Waals surface area contributed by atoms with Gasteiger partial charge < -0.3 is 20.3 Å². The molecule has 0 saturated heterocycles. The molecule has 2 N–H and O–H groups in total. The highest BCUT2D eigenvalue weighted by molar-refractivity contribution is 5.94. The quantitative estimate of drug-likeness (QED) is 0.817. The Morgan fingerprint density at radius 1 is 1.12 bits per heavy atom. The number of hydrogen-bond acceptors (Lipinski definition) is 4. The molecule has 132 valence electrons. The summed E-state index contributed by atoms with van der Waals surface area (Å²) in [5.41, 5.74) is 2.02. The zero-order valence-electron chi connectivity index (χ0n) is 14.3. The maximum Gasteiger partial charge on any atom is 0.337 e. The van der Waals surface area contributed by atoms with E-state index in [1.54, 1.807) is 0 Å². The van der Waals surface area contributed by atoms with Crippen LogP contribution >= 0.6 is 0 Å². The van der Waals surface area contributed by atoms with Crippen molar-refractivity contribution >= 4 is 23.4 Å². The third-order valence-electron chi connectivity index (χ3n) is 3.54. The van der Waals surface area contributed by atoms with Crippen molar-refractivity contribution in [2.75, 3.05) is 31.4 Å². The standard InChI is InChI=1S/C18H20FN3O3/c1-22(2)14-7-4-12(5-8-14)11-20-18(24)21-16-10-13(17(23)25-3)6-9-15(16)19/h4-10H,11H2,1-3H3,(H2,20,21,24). The van der Waals surface area contributed by atoms with Gasteiger partial charge in [-0.25, -0.2) is 14.0 Å². The van der Waals surface area contributed by atoms with Gasteiger partial charge in [0.2, 0.25) is 0 Å². The number of hydrogen-bond donors (Lipinski definition) is 2. The number of rotatable bonds is 5. The minimum Gasteiger partial charge on any atom is -0.465 e. The Hall–Kier alpha value is -3.09. The number of halogens is 1. The fraction of sp³-hybridized carbons (Fsp3) is 0.222. The lowest BCUT2D eigenvalue weighted by atomic mass is 10.2. The molecule has 0 unspecified atom stereocenters. The van der Waals surface area contributed by atoms with E-state index >= 15 is 0 Å². The van der Waals surface area contributed by atoms with Crippen LogP contribution in [-0.2, 0) is 11.3 Å². The first-order chi connectivity index (χ1) is 11.9. The number of urea groups is 1. The van der Waals surface area contributed by atoms with Crippen molar-refractivity contribution in [3.05, 3.63) is 59.4 Å². The molecule has 2 amide bonds. The highest BCUT2D eigenvalue weighted by atomic mass is 19.1. The Bertz CT molecular complexity index is 761. The van der Waals surface area contributed by atoms with Gasteiger partial charge in [-0.2, -0.15) is 0 Å². The molecule has 0 aliphatic rings. The summed E-state index contributed by atoms with van der Waals surface area (Å²) in [5, 5.41) is 5.03. The number of methoxy groups -OCH3 is 1. The molecule has 0 saturated carbocycles. The molecule has 0 atom stereocenters. The smallest absolute Gasteiger partial charge is 0.337 e. The monoisotopic (exact) mass is 345 g/mol. The van der Waals surface area contributed by atoms with Crippen LogP contribution in [-0.4, -0.2) is 33.2 Å². The highest BCUT2D eigenvalue weighted by Crippen LogP contribution is 2.17. The van der Waals surface area contributed by atoms with E-state index in [-0.39, 0.29) is 17.8 Å². The Labute approximate surface area is 145 Å². The maximum absolute atomic E-state index is 13.8. The maximum atomic E-state index is 13.8. The van der Waals surface area contributed by atoms with Crippen LogP contribution in [0.2, 0.25) is 0 Å². The summed E-state index contributed by atoms with van der Waals surface area (Å²) in [6.45, 7) is 0.290. The molecule has 0 heterocycles. The predicted octanol–water partition coefficient (Wildman–Crippen LogP) is 3.00. The second-order valence-corrected chi connectivity index (χ2v) is 5.55. The fourth-order valence-corrected chi connectivity index (χ4v) is 2.13. The van der Waals surface area contributed by atoms with E-state index in [0.717, 1.165) is 17.3 Å². The molecule has 0 aliphatic carbocycles. The molecule has 25 heavy (non-hydrogen) atoms. The van der Waals surface area contributed by atoms with E-state index in [9.17, 15) is 14.0 Å². The lowest BCUT2D eigenvalue weighted by Gasteiger charge is -2.13. The van der Waals surface area contributed by atoms with Gasteiger partial charge in [-0.1, -0.05) is 12.1 Å². The van der Waals surface area contributed by atoms with E-state index < -0.39 is 17.8 Å². The normalized spacial score (nSPS) is 10.1. The number of carbonyl (C=O) groups is 2. The Morgan fingerprint density at radius 3 is 2.40 bits per heavy atom. The summed E-state index contributed by atoms with van der Waals surface area (Å²) in [6, 6.07) is 10.7. The number of amides is 2. The van der Waals surface area contributed by atoms with E-state index in [4.69, 9.17) is 0 Å². The van der Waals surface area contributed by atoms with Gasteiger partial charge in [0.05, 0.1) is 18.4 Å². The van der Waals surface area contributed by atoms with Crippen LogP contribution < -0.4 is 15.5 Å². The molecule has 0 aromatic heterocycles. The molecule has 0 spiro atoms. The van der Waals surface area contributed by atoms with Gasteiger partial charge in [-0.05, 0) is 35.9 Å². The van der Waals surface area contributed by atoms with Crippen molar-refractivity contribution in [3.63, 3.8) is 0 Å². The third kappa shape index (κ3) is 4.94. The lowest BCUT2D eigenvalue weighted by molar-refractivity contribution is 0.0600. The van der Waals surface area contributed by atoms with Gasteiger partial charge in [0.25, 0.3) is 0 Å². The largest absolute Gasteiger partial charge is 0.465 e. The molecule has 7 heteroatoms. The van der Waals surface area contributed by atoms with Crippen molar-refractivity contribution in [2.45, 2.75) is 6.54 Å². The molecule has 0 aliphatic heterocycles. The predicted molar refractivity (Wildman–Crippen MR) is 94.4 cm³/mol. The molecular weight excluding hydrogens is 325 g/mol. The van der Waals surface area contributed by atoms with Crippen LogP contribution in [0.1, 0.15) is 15.9 Å². The third-order valence-corrected chi connectivity index (χ3v) is 3.54. The van der Waals surface area contributed by atoms with Crippen molar-refractivity contribution in [1.82, 2.24) is 5.32 Å². The second kappa shape index (κ2) is 8.14. The van der Waals surface area contributed by atoms with Gasteiger partial charge in [0.15, 0.2) is 0 Å². The molecule has 0 fully saturated rings. The first kappa shape index (κ1) is 18.3. The minimum atomic E-state index is -0.641. The number of benzene rings is 2. The van der Waals surface area contributed by atoms with Crippen LogP contribution in [0, 0.1) is 5.82 Å². The first-order valence-electron chi connectivity index (χ1n) is 7.59. The topological polar surface area (TPSA) is 70.7 Å². The molecule has 0 bridgehead atoms. The summed E-state index contributed by atoms with van der Waals surface area (Å²) in [5.74, 6) is -1.25. The summed E-state index contributed by atoms with van der Waals surface area (Å²) in [6.07, 6.45) is 0.